The summed E-state index contributed by atoms with van der Waals surface area (Å²) in [6.45, 7) is 3.63. The first kappa shape index (κ1) is 13.7. The van der Waals surface area contributed by atoms with Crippen LogP contribution < -0.4 is 0 Å². The van der Waals surface area contributed by atoms with Crippen molar-refractivity contribution >= 4 is 23.4 Å². The molecule has 0 aliphatic rings. The third kappa shape index (κ3) is 3.30. The fourth-order valence-electron chi connectivity index (χ4n) is 1.60. The standard InChI is InChI=1S/C13H15ClO3/c1-8(2)11(13(16)17-3)12(15)9-4-6-10(14)7-5-9/h4-8,11H,1-3H3. The van der Waals surface area contributed by atoms with Gasteiger partial charge < -0.3 is 4.74 Å². The minimum atomic E-state index is -0.763. The Morgan fingerprint density at radius 1 is 1.18 bits per heavy atom. The van der Waals surface area contributed by atoms with Crippen LogP contribution in [0.4, 0.5) is 0 Å². The number of carbonyl (C=O) groups excluding carboxylic acids is 2. The summed E-state index contributed by atoms with van der Waals surface area (Å²) in [5, 5.41) is 0.556. The molecule has 1 aromatic carbocycles. The molecule has 1 unspecified atom stereocenters. The van der Waals surface area contributed by atoms with E-state index in [0.717, 1.165) is 0 Å². The zero-order valence-corrected chi connectivity index (χ0v) is 10.8. The molecule has 0 N–H and O–H groups in total. The lowest BCUT2D eigenvalue weighted by molar-refractivity contribution is -0.144. The molecule has 0 fully saturated rings. The van der Waals surface area contributed by atoms with E-state index in [4.69, 9.17) is 11.6 Å². The number of ketones is 1. The van der Waals surface area contributed by atoms with E-state index < -0.39 is 11.9 Å². The first-order valence-corrected chi connectivity index (χ1v) is 5.72. The molecule has 0 bridgehead atoms. The lowest BCUT2D eigenvalue weighted by atomic mass is 9.88. The van der Waals surface area contributed by atoms with Crippen molar-refractivity contribution in [1.29, 1.82) is 0 Å². The number of benzene rings is 1. The average Bonchev–Trinajstić information content (AvgIpc) is 2.29. The summed E-state index contributed by atoms with van der Waals surface area (Å²) >= 11 is 5.75. The highest BCUT2D eigenvalue weighted by molar-refractivity contribution is 6.30. The van der Waals surface area contributed by atoms with Crippen LogP contribution in [-0.2, 0) is 9.53 Å². The predicted molar refractivity (Wildman–Crippen MR) is 66.1 cm³/mol. The summed E-state index contributed by atoms with van der Waals surface area (Å²) in [6.07, 6.45) is 0. The second-order valence-corrected chi connectivity index (χ2v) is 4.55. The quantitative estimate of drug-likeness (QED) is 0.471. The van der Waals surface area contributed by atoms with Gasteiger partial charge in [0.1, 0.15) is 5.92 Å². The van der Waals surface area contributed by atoms with Crippen LogP contribution in [0.2, 0.25) is 5.02 Å². The average molecular weight is 255 g/mol. The van der Waals surface area contributed by atoms with Gasteiger partial charge in [-0.05, 0) is 30.2 Å². The van der Waals surface area contributed by atoms with Gasteiger partial charge in [-0.15, -0.1) is 0 Å². The molecule has 0 aromatic heterocycles. The molecule has 17 heavy (non-hydrogen) atoms. The van der Waals surface area contributed by atoms with E-state index in [2.05, 4.69) is 4.74 Å². The lowest BCUT2D eigenvalue weighted by Gasteiger charge is -2.16. The molecule has 0 amide bonds. The number of esters is 1. The van der Waals surface area contributed by atoms with Gasteiger partial charge in [0.05, 0.1) is 7.11 Å². The molecule has 1 rings (SSSR count). The number of Topliss-reactive ketones (excluding diaryl/α,β-unsaturated/α-hetero) is 1. The maximum atomic E-state index is 12.2. The van der Waals surface area contributed by atoms with Crippen LogP contribution in [0.15, 0.2) is 24.3 Å². The summed E-state index contributed by atoms with van der Waals surface area (Å²) in [7, 11) is 1.28. The summed E-state index contributed by atoms with van der Waals surface area (Å²) < 4.78 is 4.65. The molecular formula is C13H15ClO3. The number of carbonyl (C=O) groups is 2. The molecule has 0 saturated carbocycles. The predicted octanol–water partition coefficient (Wildman–Crippen LogP) is 2.97. The zero-order chi connectivity index (χ0) is 13.0. The summed E-state index contributed by atoms with van der Waals surface area (Å²) in [6, 6.07) is 6.49. The Morgan fingerprint density at radius 3 is 2.12 bits per heavy atom. The van der Waals surface area contributed by atoms with Gasteiger partial charge in [-0.3, -0.25) is 9.59 Å². The van der Waals surface area contributed by atoms with Gasteiger partial charge in [-0.2, -0.15) is 0 Å². The van der Waals surface area contributed by atoms with E-state index >= 15 is 0 Å². The van der Waals surface area contributed by atoms with E-state index in [0.29, 0.717) is 10.6 Å². The highest BCUT2D eigenvalue weighted by Crippen LogP contribution is 2.20. The minimum absolute atomic E-state index is 0.106. The molecule has 4 heteroatoms. The monoisotopic (exact) mass is 254 g/mol. The Morgan fingerprint density at radius 2 is 1.71 bits per heavy atom. The van der Waals surface area contributed by atoms with Crippen LogP contribution in [0.1, 0.15) is 24.2 Å². The van der Waals surface area contributed by atoms with Gasteiger partial charge in [-0.1, -0.05) is 25.4 Å². The van der Waals surface area contributed by atoms with E-state index in [1.165, 1.54) is 7.11 Å². The van der Waals surface area contributed by atoms with E-state index in [9.17, 15) is 9.59 Å². The Bertz CT molecular complexity index is 409. The molecule has 0 aliphatic heterocycles. The molecule has 92 valence electrons. The first-order valence-electron chi connectivity index (χ1n) is 5.35. The van der Waals surface area contributed by atoms with Crippen molar-refractivity contribution in [1.82, 2.24) is 0 Å². The first-order chi connectivity index (χ1) is 7.97. The Labute approximate surface area is 106 Å². The van der Waals surface area contributed by atoms with Crippen molar-refractivity contribution in [2.45, 2.75) is 13.8 Å². The molecule has 0 spiro atoms. The third-order valence-corrected chi connectivity index (χ3v) is 2.78. The van der Waals surface area contributed by atoms with E-state index in [-0.39, 0.29) is 11.7 Å². The van der Waals surface area contributed by atoms with Crippen molar-refractivity contribution < 1.29 is 14.3 Å². The van der Waals surface area contributed by atoms with Gasteiger partial charge in [0.2, 0.25) is 0 Å². The molecule has 0 saturated heterocycles. The van der Waals surface area contributed by atoms with Crippen molar-refractivity contribution in [3.05, 3.63) is 34.9 Å². The number of halogens is 1. The molecule has 0 radical (unpaired) electrons. The van der Waals surface area contributed by atoms with Gasteiger partial charge in [0.25, 0.3) is 0 Å². The van der Waals surface area contributed by atoms with Crippen LogP contribution in [0.25, 0.3) is 0 Å². The second-order valence-electron chi connectivity index (χ2n) is 4.12. The largest absolute Gasteiger partial charge is 0.468 e. The van der Waals surface area contributed by atoms with Crippen LogP contribution in [0.3, 0.4) is 0 Å². The Kier molecular flexibility index (Phi) is 4.70. The molecule has 1 atom stereocenters. The lowest BCUT2D eigenvalue weighted by Crippen LogP contribution is -2.30. The molecular weight excluding hydrogens is 240 g/mol. The highest BCUT2D eigenvalue weighted by Gasteiger charge is 2.31. The zero-order valence-electron chi connectivity index (χ0n) is 10.1. The topological polar surface area (TPSA) is 43.4 Å². The smallest absolute Gasteiger partial charge is 0.316 e. The normalized spacial score (nSPS) is 12.3. The van der Waals surface area contributed by atoms with Gasteiger partial charge in [0, 0.05) is 10.6 Å². The van der Waals surface area contributed by atoms with E-state index in [1.54, 1.807) is 24.3 Å². The number of hydrogen-bond donors (Lipinski definition) is 0. The highest BCUT2D eigenvalue weighted by atomic mass is 35.5. The Balaban J connectivity index is 3.00. The van der Waals surface area contributed by atoms with Gasteiger partial charge in [0.15, 0.2) is 5.78 Å². The SMILES string of the molecule is COC(=O)C(C(=O)c1ccc(Cl)cc1)C(C)C. The van der Waals surface area contributed by atoms with Crippen molar-refractivity contribution in [3.63, 3.8) is 0 Å². The van der Waals surface area contributed by atoms with Gasteiger partial charge in [-0.25, -0.2) is 0 Å². The minimum Gasteiger partial charge on any atom is -0.468 e. The van der Waals surface area contributed by atoms with Gasteiger partial charge >= 0.3 is 5.97 Å². The van der Waals surface area contributed by atoms with Crippen LogP contribution in [0, 0.1) is 11.8 Å². The van der Waals surface area contributed by atoms with Crippen molar-refractivity contribution in [2.75, 3.05) is 7.11 Å². The van der Waals surface area contributed by atoms with Crippen molar-refractivity contribution in [3.8, 4) is 0 Å². The molecule has 0 heterocycles. The second kappa shape index (κ2) is 5.82. The van der Waals surface area contributed by atoms with Crippen LogP contribution >= 0.6 is 11.6 Å². The summed E-state index contributed by atoms with van der Waals surface area (Å²) in [4.78, 5) is 23.7. The van der Waals surface area contributed by atoms with Crippen molar-refractivity contribution in [2.24, 2.45) is 11.8 Å². The molecule has 0 aliphatic carbocycles. The number of hydrogen-bond acceptors (Lipinski definition) is 3. The van der Waals surface area contributed by atoms with Crippen LogP contribution in [-0.4, -0.2) is 18.9 Å². The number of rotatable bonds is 4. The fourth-order valence-corrected chi connectivity index (χ4v) is 1.73. The molecule has 3 nitrogen and oxygen atoms in total. The maximum absolute atomic E-state index is 12.2. The van der Waals surface area contributed by atoms with E-state index in [1.807, 2.05) is 13.8 Å². The van der Waals surface area contributed by atoms with Crippen LogP contribution in [0.5, 0.6) is 0 Å². The summed E-state index contributed by atoms with van der Waals surface area (Å²) in [5.41, 5.74) is 0.471. The molecule has 1 aromatic rings. The number of ether oxygens (including phenoxy) is 1. The summed E-state index contributed by atoms with van der Waals surface area (Å²) in [5.74, 6) is -1.60. The maximum Gasteiger partial charge on any atom is 0.316 e. The fraction of sp³-hybridized carbons (Fsp3) is 0.385. The number of methoxy groups -OCH3 is 1. The Hall–Kier alpha value is -1.35. The third-order valence-electron chi connectivity index (χ3n) is 2.53.